The molecule has 0 amide bonds. The van der Waals surface area contributed by atoms with Crippen LogP contribution in [0.4, 0.5) is 0 Å². The van der Waals surface area contributed by atoms with E-state index in [-0.39, 0.29) is 0 Å². The predicted octanol–water partition coefficient (Wildman–Crippen LogP) is 3.58. The Morgan fingerprint density at radius 2 is 1.69 bits per heavy atom. The Balaban J connectivity index is 2.94. The van der Waals surface area contributed by atoms with Crippen molar-refractivity contribution in [1.82, 2.24) is 0 Å². The highest BCUT2D eigenvalue weighted by atomic mass is 79.9. The van der Waals surface area contributed by atoms with E-state index in [1.165, 1.54) is 0 Å². The summed E-state index contributed by atoms with van der Waals surface area (Å²) in [4.78, 5) is 0. The van der Waals surface area contributed by atoms with Crippen molar-refractivity contribution in [2.75, 3.05) is 0 Å². The topological polar surface area (TPSA) is 0 Å². The molecule has 0 bridgehead atoms. The molecule has 0 saturated carbocycles. The summed E-state index contributed by atoms with van der Waals surface area (Å²) in [6, 6.07) is 12.0. The van der Waals surface area contributed by atoms with Gasteiger partial charge in [0.05, 0.1) is 0 Å². The molecule has 0 radical (unpaired) electrons. The van der Waals surface area contributed by atoms with Crippen LogP contribution in [-0.2, 0) is 0 Å². The lowest BCUT2D eigenvalue weighted by Crippen LogP contribution is -1.79. The quantitative estimate of drug-likeness (QED) is 0.608. The van der Waals surface area contributed by atoms with Gasteiger partial charge in [-0.05, 0) is 22.9 Å². The number of rotatable bonds is 0. The smallest absolute Gasteiger partial charge is 0.0321 e. The fraction of sp³-hybridized carbons (Fsp3) is 0. The van der Waals surface area contributed by atoms with E-state index in [0.717, 1.165) is 20.8 Å². The molecule has 0 spiro atoms. The molecule has 0 aliphatic carbocycles. The molecule has 0 nitrogen and oxygen atoms in total. The van der Waals surface area contributed by atoms with Crippen LogP contribution in [0.25, 0.3) is 10.8 Å². The van der Waals surface area contributed by atoms with Crippen LogP contribution in [-0.4, -0.2) is 0 Å². The van der Waals surface area contributed by atoms with E-state index in [2.05, 4.69) is 27.9 Å². The molecule has 2 rings (SSSR count). The summed E-state index contributed by atoms with van der Waals surface area (Å²) in [5, 5.41) is 2.29. The van der Waals surface area contributed by atoms with Crippen molar-refractivity contribution in [3.8, 4) is 12.3 Å². The minimum atomic E-state index is 0.943. The van der Waals surface area contributed by atoms with E-state index >= 15 is 0 Å². The molecule has 62 valence electrons. The normalized spacial score (nSPS) is 9.85. The number of benzene rings is 2. The summed E-state index contributed by atoms with van der Waals surface area (Å²) < 4.78 is 1.09. The molecule has 1 heteroatoms. The van der Waals surface area contributed by atoms with Crippen LogP contribution in [0.5, 0.6) is 0 Å². The van der Waals surface area contributed by atoms with Crippen LogP contribution in [0.2, 0.25) is 0 Å². The van der Waals surface area contributed by atoms with E-state index in [1.807, 2.05) is 30.3 Å². The van der Waals surface area contributed by atoms with Crippen molar-refractivity contribution in [3.05, 3.63) is 46.4 Å². The summed E-state index contributed by atoms with van der Waals surface area (Å²) in [5.41, 5.74) is 0.943. The van der Waals surface area contributed by atoms with Gasteiger partial charge in [0.1, 0.15) is 0 Å². The van der Waals surface area contributed by atoms with Crippen LogP contribution >= 0.6 is 15.9 Å². The highest BCUT2D eigenvalue weighted by Crippen LogP contribution is 2.25. The van der Waals surface area contributed by atoms with Gasteiger partial charge in [-0.1, -0.05) is 46.1 Å². The minimum Gasteiger partial charge on any atom is -0.115 e. The summed E-state index contributed by atoms with van der Waals surface area (Å²) in [7, 11) is 0. The second-order valence-electron chi connectivity index (χ2n) is 2.78. The molecule has 2 aromatic rings. The average molecular weight is 231 g/mol. The molecule has 0 heterocycles. The zero-order valence-corrected chi connectivity index (χ0v) is 8.51. The third kappa shape index (κ3) is 1.34. The highest BCUT2D eigenvalue weighted by molar-refractivity contribution is 9.10. The van der Waals surface area contributed by atoms with Crippen molar-refractivity contribution in [2.24, 2.45) is 0 Å². The Bertz CT molecular complexity index is 492. The van der Waals surface area contributed by atoms with Gasteiger partial charge in [0.15, 0.2) is 0 Å². The number of fused-ring (bicyclic) bond motifs is 1. The summed E-state index contributed by atoms with van der Waals surface area (Å²) >= 11 is 3.49. The fourth-order valence-electron chi connectivity index (χ4n) is 1.40. The van der Waals surface area contributed by atoms with Crippen LogP contribution in [0.3, 0.4) is 0 Å². The van der Waals surface area contributed by atoms with Crippen molar-refractivity contribution in [3.63, 3.8) is 0 Å². The Kier molecular flexibility index (Phi) is 2.08. The molecule has 13 heavy (non-hydrogen) atoms. The molecular weight excluding hydrogens is 224 g/mol. The molecule has 0 fully saturated rings. The second-order valence-corrected chi connectivity index (χ2v) is 3.64. The summed E-state index contributed by atoms with van der Waals surface area (Å²) in [5.74, 6) is 2.68. The molecule has 2 aromatic carbocycles. The maximum Gasteiger partial charge on any atom is 0.0321 e. The maximum atomic E-state index is 5.40. The number of hydrogen-bond acceptors (Lipinski definition) is 0. The molecule has 0 unspecified atom stereocenters. The van der Waals surface area contributed by atoms with Gasteiger partial charge in [-0.15, -0.1) is 6.42 Å². The van der Waals surface area contributed by atoms with Gasteiger partial charge in [-0.25, -0.2) is 0 Å². The van der Waals surface area contributed by atoms with Crippen molar-refractivity contribution >= 4 is 26.7 Å². The van der Waals surface area contributed by atoms with Gasteiger partial charge in [-0.3, -0.25) is 0 Å². The van der Waals surface area contributed by atoms with Gasteiger partial charge in [0.25, 0.3) is 0 Å². The Hall–Kier alpha value is -1.26. The number of hydrogen-bond donors (Lipinski definition) is 0. The summed E-state index contributed by atoms with van der Waals surface area (Å²) in [6.07, 6.45) is 5.40. The molecule has 0 aliphatic rings. The van der Waals surface area contributed by atoms with E-state index in [4.69, 9.17) is 6.42 Å². The van der Waals surface area contributed by atoms with Crippen LogP contribution in [0.1, 0.15) is 5.56 Å². The van der Waals surface area contributed by atoms with Crippen LogP contribution in [0, 0.1) is 12.3 Å². The third-order valence-corrected chi connectivity index (χ3v) is 2.72. The predicted molar refractivity (Wildman–Crippen MR) is 59.6 cm³/mol. The van der Waals surface area contributed by atoms with Crippen LogP contribution < -0.4 is 0 Å². The molecule has 0 N–H and O–H groups in total. The Morgan fingerprint density at radius 1 is 1.00 bits per heavy atom. The van der Waals surface area contributed by atoms with Gasteiger partial charge >= 0.3 is 0 Å². The van der Waals surface area contributed by atoms with Crippen molar-refractivity contribution in [1.29, 1.82) is 0 Å². The van der Waals surface area contributed by atoms with E-state index in [1.54, 1.807) is 0 Å². The van der Waals surface area contributed by atoms with Crippen molar-refractivity contribution in [2.45, 2.75) is 0 Å². The van der Waals surface area contributed by atoms with Gasteiger partial charge in [-0.2, -0.15) is 0 Å². The lowest BCUT2D eigenvalue weighted by Gasteiger charge is -2.01. The monoisotopic (exact) mass is 230 g/mol. The first kappa shape index (κ1) is 8.34. The largest absolute Gasteiger partial charge is 0.115 e. The van der Waals surface area contributed by atoms with Gasteiger partial charge in [0, 0.05) is 10.0 Å². The Labute approximate surface area is 85.7 Å². The minimum absolute atomic E-state index is 0.943. The zero-order chi connectivity index (χ0) is 9.26. The fourth-order valence-corrected chi connectivity index (χ4v) is 1.90. The highest BCUT2D eigenvalue weighted by Gasteiger charge is 1.99. The lowest BCUT2D eigenvalue weighted by atomic mass is 10.1. The molecule has 0 aromatic heterocycles. The lowest BCUT2D eigenvalue weighted by molar-refractivity contribution is 1.68. The molecule has 0 atom stereocenters. The van der Waals surface area contributed by atoms with Crippen LogP contribution in [0.15, 0.2) is 40.9 Å². The molecule has 0 aliphatic heterocycles. The van der Waals surface area contributed by atoms with E-state index in [0.29, 0.717) is 0 Å². The number of terminal acetylenes is 1. The first-order valence-corrected chi connectivity index (χ1v) is 4.76. The van der Waals surface area contributed by atoms with Gasteiger partial charge in [0.2, 0.25) is 0 Å². The zero-order valence-electron chi connectivity index (χ0n) is 6.92. The summed E-state index contributed by atoms with van der Waals surface area (Å²) in [6.45, 7) is 0. The molecule has 0 saturated heterocycles. The maximum absolute atomic E-state index is 5.40. The third-order valence-electron chi connectivity index (χ3n) is 2.02. The number of halogens is 1. The van der Waals surface area contributed by atoms with Crippen molar-refractivity contribution < 1.29 is 0 Å². The second kappa shape index (κ2) is 3.24. The average Bonchev–Trinajstić information content (AvgIpc) is 2.18. The first-order chi connectivity index (χ1) is 6.33. The standard InChI is InChI=1S/C12H7Br/c1-2-9-5-3-7-11-10(9)6-4-8-12(11)13/h1,3-8H. The first-order valence-electron chi connectivity index (χ1n) is 3.97. The Morgan fingerprint density at radius 3 is 2.46 bits per heavy atom. The van der Waals surface area contributed by atoms with E-state index < -0.39 is 0 Å². The SMILES string of the molecule is C#Cc1cccc2c(Br)cccc12. The van der Waals surface area contributed by atoms with E-state index in [9.17, 15) is 0 Å². The molecular formula is C12H7Br. The van der Waals surface area contributed by atoms with Gasteiger partial charge < -0.3 is 0 Å².